The number of benzene rings is 1. The molecule has 3 heteroatoms. The molecule has 2 rings (SSSR count). The Morgan fingerprint density at radius 2 is 2.15 bits per heavy atom. The number of hydrogen-bond donors (Lipinski definition) is 1. The lowest BCUT2D eigenvalue weighted by Crippen LogP contribution is -2.43. The van der Waals surface area contributed by atoms with E-state index in [4.69, 9.17) is 4.74 Å². The van der Waals surface area contributed by atoms with Crippen LogP contribution >= 0.6 is 0 Å². The van der Waals surface area contributed by atoms with Gasteiger partial charge in [0.15, 0.2) is 0 Å². The minimum Gasteiger partial charge on any atom is -0.378 e. The van der Waals surface area contributed by atoms with Crippen molar-refractivity contribution in [2.45, 2.75) is 57.6 Å². The average molecular weight is 279 g/mol. The summed E-state index contributed by atoms with van der Waals surface area (Å²) in [5.41, 5.74) is 1.90. The second kappa shape index (κ2) is 6.68. The Morgan fingerprint density at radius 3 is 2.65 bits per heavy atom. The predicted molar refractivity (Wildman–Crippen MR) is 80.4 cm³/mol. The first-order chi connectivity index (χ1) is 9.60. The van der Waals surface area contributed by atoms with Crippen LogP contribution in [0.25, 0.3) is 0 Å². The monoisotopic (exact) mass is 279 g/mol. The Morgan fingerprint density at radius 1 is 1.40 bits per heavy atom. The van der Waals surface area contributed by atoms with E-state index in [-0.39, 0.29) is 17.5 Å². The van der Waals surface area contributed by atoms with Gasteiger partial charge in [-0.15, -0.1) is 0 Å². The molecule has 1 saturated carbocycles. The maximum Gasteiger partial charge on any atom is 0.126 e. The van der Waals surface area contributed by atoms with E-state index in [2.05, 4.69) is 12.2 Å². The van der Waals surface area contributed by atoms with Crippen molar-refractivity contribution in [1.29, 1.82) is 0 Å². The van der Waals surface area contributed by atoms with E-state index >= 15 is 0 Å². The third kappa shape index (κ3) is 3.39. The molecule has 112 valence electrons. The molecule has 1 N–H and O–H groups in total. The van der Waals surface area contributed by atoms with Gasteiger partial charge >= 0.3 is 0 Å². The van der Waals surface area contributed by atoms with E-state index in [0.717, 1.165) is 32.2 Å². The van der Waals surface area contributed by atoms with Crippen molar-refractivity contribution in [1.82, 2.24) is 5.32 Å². The molecular formula is C17H26FNO. The van der Waals surface area contributed by atoms with E-state index < -0.39 is 0 Å². The van der Waals surface area contributed by atoms with Crippen molar-refractivity contribution in [3.05, 3.63) is 35.1 Å². The van der Waals surface area contributed by atoms with Crippen LogP contribution in [0, 0.1) is 12.7 Å². The summed E-state index contributed by atoms with van der Waals surface area (Å²) < 4.78 is 19.2. The summed E-state index contributed by atoms with van der Waals surface area (Å²) >= 11 is 0. The highest BCUT2D eigenvalue weighted by Crippen LogP contribution is 2.42. The van der Waals surface area contributed by atoms with Gasteiger partial charge in [0.1, 0.15) is 5.82 Å². The van der Waals surface area contributed by atoms with Crippen LogP contribution < -0.4 is 5.32 Å². The molecule has 1 aliphatic carbocycles. The third-order valence-corrected chi connectivity index (χ3v) is 4.50. The Hall–Kier alpha value is -0.930. The molecule has 1 atom stereocenters. The second-order valence-corrected chi connectivity index (χ2v) is 5.96. The molecule has 0 aliphatic heterocycles. The molecule has 0 bridgehead atoms. The van der Waals surface area contributed by atoms with E-state index in [9.17, 15) is 4.39 Å². The molecule has 0 amide bonds. The number of rotatable bonds is 7. The molecule has 1 aromatic carbocycles. The molecule has 1 unspecified atom stereocenters. The number of aryl methyl sites for hydroxylation is 1. The van der Waals surface area contributed by atoms with Gasteiger partial charge < -0.3 is 10.1 Å². The number of ether oxygens (including phenoxy) is 1. The van der Waals surface area contributed by atoms with Gasteiger partial charge in [-0.3, -0.25) is 0 Å². The minimum absolute atomic E-state index is 0.0215. The molecule has 1 fully saturated rings. The Balaban J connectivity index is 2.15. The van der Waals surface area contributed by atoms with Crippen LogP contribution in [0.15, 0.2) is 18.2 Å². The van der Waals surface area contributed by atoms with Crippen LogP contribution in [-0.2, 0) is 4.74 Å². The van der Waals surface area contributed by atoms with Crippen molar-refractivity contribution in [3.8, 4) is 0 Å². The summed E-state index contributed by atoms with van der Waals surface area (Å²) in [6.45, 7) is 4.96. The maximum atomic E-state index is 13.5. The quantitative estimate of drug-likeness (QED) is 0.810. The summed E-state index contributed by atoms with van der Waals surface area (Å²) in [4.78, 5) is 0. The van der Waals surface area contributed by atoms with Crippen LogP contribution in [0.1, 0.15) is 56.2 Å². The zero-order valence-electron chi connectivity index (χ0n) is 12.8. The van der Waals surface area contributed by atoms with Crippen LogP contribution in [0.3, 0.4) is 0 Å². The zero-order valence-corrected chi connectivity index (χ0v) is 12.8. The zero-order chi connectivity index (χ0) is 14.6. The SMILES string of the molecule is CCCNC(CC1(OC)CCC1)c1ccc(F)c(C)c1. The Kier molecular flexibility index (Phi) is 5.17. The Bertz CT molecular complexity index is 437. The molecular weight excluding hydrogens is 253 g/mol. The fourth-order valence-corrected chi connectivity index (χ4v) is 2.95. The van der Waals surface area contributed by atoms with Crippen molar-refractivity contribution in [3.63, 3.8) is 0 Å². The highest BCUT2D eigenvalue weighted by molar-refractivity contribution is 5.27. The van der Waals surface area contributed by atoms with Gasteiger partial charge in [-0.05, 0) is 62.8 Å². The highest BCUT2D eigenvalue weighted by Gasteiger charge is 2.39. The lowest BCUT2D eigenvalue weighted by Gasteiger charge is -2.43. The van der Waals surface area contributed by atoms with E-state index in [0.29, 0.717) is 5.56 Å². The molecule has 20 heavy (non-hydrogen) atoms. The Labute approximate surface area is 121 Å². The van der Waals surface area contributed by atoms with Crippen molar-refractivity contribution < 1.29 is 9.13 Å². The standard InChI is InChI=1S/C17H26FNO/c1-4-10-19-16(12-17(20-3)8-5-9-17)14-6-7-15(18)13(2)11-14/h6-7,11,16,19H,4-5,8-10,12H2,1-3H3. The number of nitrogens with one attached hydrogen (secondary N) is 1. The van der Waals surface area contributed by atoms with Crippen molar-refractivity contribution >= 4 is 0 Å². The van der Waals surface area contributed by atoms with Gasteiger partial charge in [0, 0.05) is 13.2 Å². The summed E-state index contributed by atoms with van der Waals surface area (Å²) in [5.74, 6) is -0.131. The molecule has 1 aliphatic rings. The topological polar surface area (TPSA) is 21.3 Å². The lowest BCUT2D eigenvalue weighted by atomic mass is 9.74. The van der Waals surface area contributed by atoms with E-state index in [1.807, 2.05) is 26.2 Å². The number of methoxy groups -OCH3 is 1. The largest absolute Gasteiger partial charge is 0.378 e. The van der Waals surface area contributed by atoms with Gasteiger partial charge in [-0.25, -0.2) is 4.39 Å². The van der Waals surface area contributed by atoms with Crippen LogP contribution in [0.5, 0.6) is 0 Å². The number of hydrogen-bond acceptors (Lipinski definition) is 2. The fraction of sp³-hybridized carbons (Fsp3) is 0.647. The normalized spacial score (nSPS) is 18.6. The predicted octanol–water partition coefficient (Wildman–Crippen LogP) is 4.13. The lowest BCUT2D eigenvalue weighted by molar-refractivity contribution is -0.0838. The van der Waals surface area contributed by atoms with Crippen molar-refractivity contribution in [2.24, 2.45) is 0 Å². The molecule has 1 aromatic rings. The molecule has 0 saturated heterocycles. The summed E-state index contributed by atoms with van der Waals surface area (Å²) in [5, 5.41) is 3.59. The van der Waals surface area contributed by atoms with E-state index in [1.165, 1.54) is 12.0 Å². The molecule has 0 heterocycles. The highest BCUT2D eigenvalue weighted by atomic mass is 19.1. The summed E-state index contributed by atoms with van der Waals surface area (Å²) in [7, 11) is 1.81. The van der Waals surface area contributed by atoms with Gasteiger partial charge in [-0.1, -0.05) is 19.1 Å². The van der Waals surface area contributed by atoms with Crippen molar-refractivity contribution in [2.75, 3.05) is 13.7 Å². The maximum absolute atomic E-state index is 13.5. The second-order valence-electron chi connectivity index (χ2n) is 5.96. The summed E-state index contributed by atoms with van der Waals surface area (Å²) in [6, 6.07) is 5.68. The molecule has 0 radical (unpaired) electrons. The molecule has 0 aromatic heterocycles. The summed E-state index contributed by atoms with van der Waals surface area (Å²) in [6.07, 6.45) is 5.57. The smallest absolute Gasteiger partial charge is 0.126 e. The number of halogens is 1. The first-order valence-corrected chi connectivity index (χ1v) is 7.65. The molecule has 0 spiro atoms. The average Bonchev–Trinajstić information content (AvgIpc) is 2.41. The first kappa shape index (κ1) is 15.5. The third-order valence-electron chi connectivity index (χ3n) is 4.50. The van der Waals surface area contributed by atoms with Crippen LogP contribution in [0.4, 0.5) is 4.39 Å². The minimum atomic E-state index is -0.131. The van der Waals surface area contributed by atoms with Gasteiger partial charge in [0.2, 0.25) is 0 Å². The van der Waals surface area contributed by atoms with Gasteiger partial charge in [0.25, 0.3) is 0 Å². The van der Waals surface area contributed by atoms with Gasteiger partial charge in [0.05, 0.1) is 5.60 Å². The van der Waals surface area contributed by atoms with E-state index in [1.54, 1.807) is 6.07 Å². The fourth-order valence-electron chi connectivity index (χ4n) is 2.95. The first-order valence-electron chi connectivity index (χ1n) is 7.65. The van der Waals surface area contributed by atoms with Crippen LogP contribution in [-0.4, -0.2) is 19.3 Å². The molecule has 2 nitrogen and oxygen atoms in total. The van der Waals surface area contributed by atoms with Gasteiger partial charge in [-0.2, -0.15) is 0 Å². The van der Waals surface area contributed by atoms with Crippen LogP contribution in [0.2, 0.25) is 0 Å².